The zero-order chi connectivity index (χ0) is 16.9. The Hall–Kier alpha value is -1.82. The predicted octanol–water partition coefficient (Wildman–Crippen LogP) is 7.01. The van der Waals surface area contributed by atoms with E-state index in [0.29, 0.717) is 0 Å². The van der Waals surface area contributed by atoms with Gasteiger partial charge in [-0.05, 0) is 59.1 Å². The fourth-order valence-electron chi connectivity index (χ4n) is 3.78. The summed E-state index contributed by atoms with van der Waals surface area (Å²) >= 11 is 0. The minimum absolute atomic E-state index is 1.08. The van der Waals surface area contributed by atoms with Gasteiger partial charge in [0.25, 0.3) is 0 Å². The van der Waals surface area contributed by atoms with Gasteiger partial charge in [0, 0.05) is 6.42 Å². The van der Waals surface area contributed by atoms with E-state index in [2.05, 4.69) is 69.7 Å². The van der Waals surface area contributed by atoms with Gasteiger partial charge >= 0.3 is 0 Å². The van der Waals surface area contributed by atoms with Crippen LogP contribution in [0.1, 0.15) is 68.7 Å². The molecular weight excluding hydrogens is 288 g/mol. The Morgan fingerprint density at radius 1 is 0.792 bits per heavy atom. The summed E-state index contributed by atoms with van der Waals surface area (Å²) in [4.78, 5) is 0. The lowest BCUT2D eigenvalue weighted by Gasteiger charge is -2.17. The van der Waals surface area contributed by atoms with E-state index in [1.807, 2.05) is 0 Å². The van der Waals surface area contributed by atoms with Crippen LogP contribution >= 0.6 is 0 Å². The second kappa shape index (κ2) is 7.83. The zero-order valence-corrected chi connectivity index (χ0v) is 15.4. The summed E-state index contributed by atoms with van der Waals surface area (Å²) < 4.78 is 0. The standard InChI is InChI=1S/C24H29/c1-4-7-11-18-16-21-15-14-20(10-5-2)24(23(21)17-18)22-13-9-8-12-19(22)6-3/h8-9,12-17H,4-7,10-11H2,1-3H3. The number of aryl methyl sites for hydroxylation is 2. The molecule has 0 atom stereocenters. The molecule has 0 unspecified atom stereocenters. The fraction of sp³-hybridized carbons (Fsp3) is 0.375. The number of benzene rings is 2. The molecule has 2 aromatic carbocycles. The predicted molar refractivity (Wildman–Crippen MR) is 106 cm³/mol. The van der Waals surface area contributed by atoms with Gasteiger partial charge in [0.15, 0.2) is 0 Å². The first kappa shape index (κ1) is 17.0. The number of hydrogen-bond acceptors (Lipinski definition) is 0. The van der Waals surface area contributed by atoms with Gasteiger partial charge in [-0.15, -0.1) is 0 Å². The van der Waals surface area contributed by atoms with Crippen molar-refractivity contribution in [3.8, 4) is 11.1 Å². The largest absolute Gasteiger partial charge is 0.0654 e. The molecule has 0 aromatic heterocycles. The summed E-state index contributed by atoms with van der Waals surface area (Å²) in [5.41, 5.74) is 10.2. The molecule has 0 saturated heterocycles. The molecule has 0 bridgehead atoms. The first-order valence-electron chi connectivity index (χ1n) is 9.57. The second-order valence-corrected chi connectivity index (χ2v) is 6.83. The van der Waals surface area contributed by atoms with Crippen LogP contribution in [0.5, 0.6) is 0 Å². The molecule has 0 heterocycles. The summed E-state index contributed by atoms with van der Waals surface area (Å²) in [6, 6.07) is 13.6. The summed E-state index contributed by atoms with van der Waals surface area (Å²) in [5.74, 6) is 0. The van der Waals surface area contributed by atoms with E-state index in [4.69, 9.17) is 0 Å². The molecule has 0 heteroatoms. The van der Waals surface area contributed by atoms with Crippen LogP contribution in [-0.2, 0) is 12.8 Å². The van der Waals surface area contributed by atoms with Crippen LogP contribution < -0.4 is 0 Å². The Morgan fingerprint density at radius 3 is 2.38 bits per heavy atom. The van der Waals surface area contributed by atoms with Gasteiger partial charge in [0.1, 0.15) is 0 Å². The van der Waals surface area contributed by atoms with Crippen LogP contribution in [0.2, 0.25) is 0 Å². The van der Waals surface area contributed by atoms with Crippen molar-refractivity contribution >= 4 is 6.08 Å². The molecule has 0 spiro atoms. The molecule has 0 nitrogen and oxygen atoms in total. The third-order valence-corrected chi connectivity index (χ3v) is 5.04. The molecular formula is C24H29. The van der Waals surface area contributed by atoms with E-state index < -0.39 is 0 Å². The highest BCUT2D eigenvalue weighted by Crippen LogP contribution is 2.40. The van der Waals surface area contributed by atoms with Crippen molar-refractivity contribution in [2.45, 2.75) is 59.3 Å². The number of rotatable bonds is 7. The van der Waals surface area contributed by atoms with Crippen LogP contribution in [0.25, 0.3) is 17.2 Å². The van der Waals surface area contributed by atoms with E-state index in [0.717, 1.165) is 12.8 Å². The van der Waals surface area contributed by atoms with E-state index in [1.165, 1.54) is 64.6 Å². The van der Waals surface area contributed by atoms with Crippen molar-refractivity contribution in [2.24, 2.45) is 0 Å². The highest BCUT2D eigenvalue weighted by Gasteiger charge is 2.20. The van der Waals surface area contributed by atoms with Gasteiger partial charge < -0.3 is 0 Å². The molecule has 0 fully saturated rings. The van der Waals surface area contributed by atoms with E-state index in [9.17, 15) is 0 Å². The average Bonchev–Trinajstić information content (AvgIpc) is 3.03. The van der Waals surface area contributed by atoms with Crippen LogP contribution in [0.3, 0.4) is 0 Å². The Morgan fingerprint density at radius 2 is 1.62 bits per heavy atom. The van der Waals surface area contributed by atoms with Crippen molar-refractivity contribution in [2.75, 3.05) is 0 Å². The summed E-state index contributed by atoms with van der Waals surface area (Å²) in [6.45, 7) is 6.80. The zero-order valence-electron chi connectivity index (χ0n) is 15.4. The van der Waals surface area contributed by atoms with E-state index >= 15 is 0 Å². The van der Waals surface area contributed by atoms with Crippen molar-refractivity contribution in [3.63, 3.8) is 0 Å². The number of fused-ring (bicyclic) bond motifs is 1. The van der Waals surface area contributed by atoms with Crippen molar-refractivity contribution in [1.82, 2.24) is 0 Å². The minimum Gasteiger partial charge on any atom is -0.0654 e. The molecule has 1 radical (unpaired) electrons. The molecule has 0 aliphatic heterocycles. The first-order valence-corrected chi connectivity index (χ1v) is 9.57. The van der Waals surface area contributed by atoms with Gasteiger partial charge in [0.2, 0.25) is 0 Å². The molecule has 0 N–H and O–H groups in total. The smallest absolute Gasteiger partial charge is 0.0164 e. The van der Waals surface area contributed by atoms with Crippen molar-refractivity contribution in [3.05, 3.63) is 70.6 Å². The Bertz CT molecular complexity index is 734. The highest BCUT2D eigenvalue weighted by molar-refractivity contribution is 5.86. The van der Waals surface area contributed by atoms with Gasteiger partial charge in [0.05, 0.1) is 0 Å². The summed E-state index contributed by atoms with van der Waals surface area (Å²) in [5, 5.41) is 0. The normalized spacial score (nSPS) is 13.0. The maximum Gasteiger partial charge on any atom is 0.0164 e. The van der Waals surface area contributed by atoms with Crippen molar-refractivity contribution in [1.29, 1.82) is 0 Å². The quantitative estimate of drug-likeness (QED) is 0.515. The van der Waals surface area contributed by atoms with Gasteiger partial charge in [-0.25, -0.2) is 0 Å². The van der Waals surface area contributed by atoms with E-state index in [1.54, 1.807) is 0 Å². The molecule has 2 aromatic rings. The Labute approximate surface area is 147 Å². The minimum atomic E-state index is 1.08. The van der Waals surface area contributed by atoms with Gasteiger partial charge in [-0.3, -0.25) is 0 Å². The maximum atomic E-state index is 2.45. The average molecular weight is 317 g/mol. The van der Waals surface area contributed by atoms with Crippen LogP contribution in [0.15, 0.2) is 42.0 Å². The van der Waals surface area contributed by atoms with Gasteiger partial charge in [-0.1, -0.05) is 81.7 Å². The lowest BCUT2D eigenvalue weighted by molar-refractivity contribution is 0.797. The molecule has 1 aliphatic rings. The number of unbranched alkanes of at least 4 members (excludes halogenated alkanes) is 1. The van der Waals surface area contributed by atoms with Crippen LogP contribution in [0, 0.1) is 6.42 Å². The van der Waals surface area contributed by atoms with Crippen LogP contribution in [0.4, 0.5) is 0 Å². The van der Waals surface area contributed by atoms with Crippen LogP contribution in [-0.4, -0.2) is 0 Å². The highest BCUT2D eigenvalue weighted by atomic mass is 14.2. The molecule has 0 saturated carbocycles. The first-order chi connectivity index (χ1) is 11.8. The molecule has 125 valence electrons. The fourth-order valence-corrected chi connectivity index (χ4v) is 3.78. The van der Waals surface area contributed by atoms with E-state index in [-0.39, 0.29) is 0 Å². The molecule has 1 aliphatic carbocycles. The summed E-state index contributed by atoms with van der Waals surface area (Å²) in [6.07, 6.45) is 12.0. The van der Waals surface area contributed by atoms with Crippen molar-refractivity contribution < 1.29 is 0 Å². The maximum absolute atomic E-state index is 2.45. The number of allylic oxidation sites excluding steroid dienone is 1. The summed E-state index contributed by atoms with van der Waals surface area (Å²) in [7, 11) is 0. The SMILES string of the molecule is CCCCC1=Cc2c(ccc(CCC)c2-c2ccccc2CC)[CH]1. The molecule has 3 rings (SSSR count). The second-order valence-electron chi connectivity index (χ2n) is 6.83. The lowest BCUT2D eigenvalue weighted by atomic mass is 9.87. The third-order valence-electron chi connectivity index (χ3n) is 5.04. The Balaban J connectivity index is 2.13. The lowest BCUT2D eigenvalue weighted by Crippen LogP contribution is -1.97. The monoisotopic (exact) mass is 317 g/mol. The number of hydrogen-bond donors (Lipinski definition) is 0. The topological polar surface area (TPSA) is 0 Å². The van der Waals surface area contributed by atoms with Gasteiger partial charge in [-0.2, -0.15) is 0 Å². The Kier molecular flexibility index (Phi) is 5.56. The molecule has 24 heavy (non-hydrogen) atoms. The third kappa shape index (κ3) is 3.34. The molecule has 0 amide bonds.